The van der Waals surface area contributed by atoms with Gasteiger partial charge in [0.25, 0.3) is 0 Å². The van der Waals surface area contributed by atoms with Gasteiger partial charge in [0, 0.05) is 6.04 Å². The van der Waals surface area contributed by atoms with Gasteiger partial charge in [-0.2, -0.15) is 0 Å². The normalized spacial score (nSPS) is 14.2. The zero-order valence-corrected chi connectivity index (χ0v) is 13.3. The molecule has 4 nitrogen and oxygen atoms in total. The van der Waals surface area contributed by atoms with Crippen molar-refractivity contribution in [1.82, 2.24) is 5.32 Å². The molecule has 0 aliphatic heterocycles. The van der Waals surface area contributed by atoms with Crippen LogP contribution in [0.5, 0.6) is 5.75 Å². The fraction of sp³-hybridized carbons (Fsp3) is 0.562. The molecule has 1 aromatic rings. The number of carbonyl (C=O) groups excluding carboxylic acids is 1. The van der Waals surface area contributed by atoms with E-state index in [4.69, 9.17) is 10.5 Å². The fourth-order valence-corrected chi connectivity index (χ4v) is 2.19. The molecule has 0 saturated heterocycles. The number of ether oxygens (including phenoxy) is 1. The van der Waals surface area contributed by atoms with Crippen molar-refractivity contribution >= 4 is 5.91 Å². The van der Waals surface area contributed by atoms with E-state index in [1.165, 1.54) is 5.56 Å². The first kappa shape index (κ1) is 16.5. The molecule has 0 aliphatic rings. The monoisotopic (exact) mass is 278 g/mol. The third-order valence-electron chi connectivity index (χ3n) is 3.43. The van der Waals surface area contributed by atoms with Crippen molar-refractivity contribution in [3.63, 3.8) is 0 Å². The van der Waals surface area contributed by atoms with Crippen LogP contribution in [0, 0.1) is 20.8 Å². The number of rotatable bonds is 6. The lowest BCUT2D eigenvalue weighted by Crippen LogP contribution is -2.59. The number of amides is 1. The minimum Gasteiger partial charge on any atom is -0.491 e. The maximum absolute atomic E-state index is 11.7. The standard InChI is InChI=1S/C16H26N2O2/c1-10(2)18-16(6,15(17)19)9-20-14-8-11(3)7-12(4)13(14)5/h7-8,10,18H,9H2,1-6H3,(H2,17,19). The Hall–Kier alpha value is -1.55. The summed E-state index contributed by atoms with van der Waals surface area (Å²) in [4.78, 5) is 11.7. The Kier molecular flexibility index (Phi) is 5.17. The highest BCUT2D eigenvalue weighted by Crippen LogP contribution is 2.24. The van der Waals surface area contributed by atoms with Crippen LogP contribution >= 0.6 is 0 Å². The van der Waals surface area contributed by atoms with Crippen molar-refractivity contribution in [2.45, 2.75) is 53.1 Å². The summed E-state index contributed by atoms with van der Waals surface area (Å²) in [5.41, 5.74) is 8.03. The van der Waals surface area contributed by atoms with E-state index in [9.17, 15) is 4.79 Å². The van der Waals surface area contributed by atoms with Crippen LogP contribution in [0.25, 0.3) is 0 Å². The molecule has 0 heterocycles. The SMILES string of the molecule is Cc1cc(C)c(C)c(OCC(C)(NC(C)C)C(N)=O)c1. The van der Waals surface area contributed by atoms with Gasteiger partial charge in [0.15, 0.2) is 0 Å². The van der Waals surface area contributed by atoms with E-state index in [2.05, 4.69) is 18.3 Å². The zero-order valence-electron chi connectivity index (χ0n) is 13.3. The minimum atomic E-state index is -0.877. The quantitative estimate of drug-likeness (QED) is 0.838. The lowest BCUT2D eigenvalue weighted by molar-refractivity contribution is -0.125. The van der Waals surface area contributed by atoms with Crippen LogP contribution < -0.4 is 15.8 Å². The second-order valence-electron chi connectivity index (χ2n) is 5.99. The van der Waals surface area contributed by atoms with Gasteiger partial charge in [0.2, 0.25) is 5.91 Å². The topological polar surface area (TPSA) is 64.3 Å². The van der Waals surface area contributed by atoms with E-state index >= 15 is 0 Å². The van der Waals surface area contributed by atoms with Gasteiger partial charge in [0.05, 0.1) is 0 Å². The molecular formula is C16H26N2O2. The molecule has 4 heteroatoms. The number of primary amides is 1. The summed E-state index contributed by atoms with van der Waals surface area (Å²) in [6, 6.07) is 4.25. The van der Waals surface area contributed by atoms with Crippen LogP contribution in [-0.2, 0) is 4.79 Å². The second-order valence-corrected chi connectivity index (χ2v) is 5.99. The summed E-state index contributed by atoms with van der Waals surface area (Å²) in [6.07, 6.45) is 0. The maximum Gasteiger partial charge on any atom is 0.240 e. The van der Waals surface area contributed by atoms with Gasteiger partial charge in [-0.1, -0.05) is 6.07 Å². The largest absolute Gasteiger partial charge is 0.491 e. The molecule has 1 rings (SSSR count). The highest BCUT2D eigenvalue weighted by molar-refractivity contribution is 5.84. The van der Waals surface area contributed by atoms with Crippen LogP contribution in [0.15, 0.2) is 12.1 Å². The first-order valence-corrected chi connectivity index (χ1v) is 6.94. The average molecular weight is 278 g/mol. The van der Waals surface area contributed by atoms with Gasteiger partial charge in [-0.25, -0.2) is 0 Å². The molecule has 112 valence electrons. The predicted molar refractivity (Wildman–Crippen MR) is 82.0 cm³/mol. The highest BCUT2D eigenvalue weighted by atomic mass is 16.5. The Balaban J connectivity index is 2.91. The molecule has 0 bridgehead atoms. The molecule has 0 spiro atoms. The summed E-state index contributed by atoms with van der Waals surface area (Å²) in [7, 11) is 0. The molecule has 0 saturated carbocycles. The molecule has 1 unspecified atom stereocenters. The van der Waals surface area contributed by atoms with Crippen LogP contribution in [0.2, 0.25) is 0 Å². The number of aryl methyl sites for hydroxylation is 2. The molecule has 0 aromatic heterocycles. The van der Waals surface area contributed by atoms with Crippen molar-refractivity contribution in [2.24, 2.45) is 5.73 Å². The van der Waals surface area contributed by atoms with Crippen molar-refractivity contribution in [3.8, 4) is 5.75 Å². The lowest BCUT2D eigenvalue weighted by Gasteiger charge is -2.30. The van der Waals surface area contributed by atoms with Crippen molar-refractivity contribution in [2.75, 3.05) is 6.61 Å². The van der Waals surface area contributed by atoms with Crippen molar-refractivity contribution < 1.29 is 9.53 Å². The molecular weight excluding hydrogens is 252 g/mol. The summed E-state index contributed by atoms with van der Waals surface area (Å²) in [5.74, 6) is 0.397. The van der Waals surface area contributed by atoms with Gasteiger partial charge >= 0.3 is 0 Å². The summed E-state index contributed by atoms with van der Waals surface area (Å²) >= 11 is 0. The molecule has 3 N–H and O–H groups in total. The van der Waals surface area contributed by atoms with E-state index in [1.54, 1.807) is 6.92 Å². The number of benzene rings is 1. The minimum absolute atomic E-state index is 0.149. The third-order valence-corrected chi connectivity index (χ3v) is 3.43. The number of carbonyl (C=O) groups is 1. The van der Waals surface area contributed by atoms with Crippen LogP contribution in [0.4, 0.5) is 0 Å². The molecule has 1 amide bonds. The Morgan fingerprint density at radius 1 is 1.35 bits per heavy atom. The molecule has 0 aliphatic carbocycles. The van der Waals surface area contributed by atoms with Gasteiger partial charge in [0.1, 0.15) is 17.9 Å². The Bertz CT molecular complexity index is 497. The second kappa shape index (κ2) is 6.27. The van der Waals surface area contributed by atoms with E-state index in [1.807, 2.05) is 33.8 Å². The number of nitrogens with one attached hydrogen (secondary N) is 1. The molecule has 1 aromatic carbocycles. The summed E-state index contributed by atoms with van der Waals surface area (Å²) in [5, 5.41) is 3.18. The Morgan fingerprint density at radius 2 is 1.95 bits per heavy atom. The van der Waals surface area contributed by atoms with Crippen molar-refractivity contribution in [1.29, 1.82) is 0 Å². The van der Waals surface area contributed by atoms with Crippen molar-refractivity contribution in [3.05, 3.63) is 28.8 Å². The highest BCUT2D eigenvalue weighted by Gasteiger charge is 2.32. The number of hydrogen-bond acceptors (Lipinski definition) is 3. The van der Waals surface area contributed by atoms with Crippen LogP contribution in [-0.4, -0.2) is 24.1 Å². The third kappa shape index (κ3) is 3.97. The smallest absolute Gasteiger partial charge is 0.240 e. The Morgan fingerprint density at radius 3 is 2.45 bits per heavy atom. The van der Waals surface area contributed by atoms with E-state index in [0.717, 1.165) is 16.9 Å². The Labute approximate surface area is 121 Å². The first-order valence-electron chi connectivity index (χ1n) is 6.94. The fourth-order valence-electron chi connectivity index (χ4n) is 2.19. The first-order chi connectivity index (χ1) is 9.15. The maximum atomic E-state index is 11.7. The van der Waals surface area contributed by atoms with Gasteiger partial charge in [-0.15, -0.1) is 0 Å². The number of hydrogen-bond donors (Lipinski definition) is 2. The zero-order chi connectivity index (χ0) is 15.5. The summed E-state index contributed by atoms with van der Waals surface area (Å²) < 4.78 is 5.86. The van der Waals surface area contributed by atoms with E-state index in [0.29, 0.717) is 0 Å². The summed E-state index contributed by atoms with van der Waals surface area (Å²) in [6.45, 7) is 12.0. The van der Waals surface area contributed by atoms with Gasteiger partial charge < -0.3 is 10.5 Å². The predicted octanol–water partition coefficient (Wildman–Crippen LogP) is 2.23. The average Bonchev–Trinajstić information content (AvgIpc) is 2.30. The molecule has 0 radical (unpaired) electrons. The van der Waals surface area contributed by atoms with Gasteiger partial charge in [-0.3, -0.25) is 10.1 Å². The lowest BCUT2D eigenvalue weighted by atomic mass is 10.0. The number of nitrogens with two attached hydrogens (primary N) is 1. The molecule has 1 atom stereocenters. The van der Waals surface area contributed by atoms with Gasteiger partial charge in [-0.05, 0) is 64.3 Å². The molecule has 0 fully saturated rings. The van der Waals surface area contributed by atoms with E-state index in [-0.39, 0.29) is 12.6 Å². The van der Waals surface area contributed by atoms with Crippen LogP contribution in [0.1, 0.15) is 37.5 Å². The molecule has 20 heavy (non-hydrogen) atoms. The van der Waals surface area contributed by atoms with Crippen LogP contribution in [0.3, 0.4) is 0 Å². The van der Waals surface area contributed by atoms with E-state index < -0.39 is 11.4 Å².